The van der Waals surface area contributed by atoms with E-state index in [4.69, 9.17) is 16.3 Å². The van der Waals surface area contributed by atoms with Crippen LogP contribution in [-0.2, 0) is 0 Å². The average molecular weight is 352 g/mol. The number of hydrogen-bond acceptors (Lipinski definition) is 2. The van der Waals surface area contributed by atoms with Crippen LogP contribution in [-0.4, -0.2) is 12.5 Å². The molecule has 0 saturated carbocycles. The number of carbonyl (C=O) groups excluding carboxylic acids is 1. The van der Waals surface area contributed by atoms with E-state index in [0.29, 0.717) is 22.9 Å². The van der Waals surface area contributed by atoms with E-state index in [1.807, 2.05) is 61.5 Å². The third-order valence-corrected chi connectivity index (χ3v) is 3.98. The van der Waals surface area contributed by atoms with Crippen molar-refractivity contribution in [1.82, 2.24) is 0 Å². The molecule has 0 saturated heterocycles. The Morgan fingerprint density at radius 1 is 1.00 bits per heavy atom. The van der Waals surface area contributed by atoms with E-state index in [0.717, 1.165) is 16.8 Å². The van der Waals surface area contributed by atoms with Gasteiger partial charge in [-0.1, -0.05) is 60.1 Å². The molecule has 0 aliphatic heterocycles. The Morgan fingerprint density at radius 2 is 1.72 bits per heavy atom. The van der Waals surface area contributed by atoms with E-state index in [1.165, 1.54) is 0 Å². The van der Waals surface area contributed by atoms with Gasteiger partial charge >= 0.3 is 0 Å². The highest BCUT2D eigenvalue weighted by molar-refractivity contribution is 6.31. The number of hydrogen-bond donors (Lipinski definition) is 1. The molecule has 3 aromatic carbocycles. The first-order valence-corrected chi connectivity index (χ1v) is 8.45. The molecule has 0 fully saturated rings. The number of carbonyl (C=O) groups is 1. The molecule has 0 unspecified atom stereocenters. The minimum absolute atomic E-state index is 0.255. The van der Waals surface area contributed by atoms with Gasteiger partial charge in [-0.2, -0.15) is 0 Å². The van der Waals surface area contributed by atoms with Crippen LogP contribution in [0.2, 0.25) is 5.02 Å². The summed E-state index contributed by atoms with van der Waals surface area (Å²) in [7, 11) is 0. The molecule has 0 bridgehead atoms. The van der Waals surface area contributed by atoms with Gasteiger partial charge < -0.3 is 10.1 Å². The molecule has 0 aliphatic carbocycles. The Morgan fingerprint density at radius 3 is 2.48 bits per heavy atom. The van der Waals surface area contributed by atoms with Crippen LogP contribution < -0.4 is 10.1 Å². The van der Waals surface area contributed by atoms with Crippen molar-refractivity contribution in [2.24, 2.45) is 0 Å². The summed E-state index contributed by atoms with van der Waals surface area (Å²) in [5, 5.41) is 3.46. The van der Waals surface area contributed by atoms with Gasteiger partial charge in [-0.3, -0.25) is 4.79 Å². The zero-order valence-corrected chi connectivity index (χ0v) is 14.6. The summed E-state index contributed by atoms with van der Waals surface area (Å²) in [5.41, 5.74) is 3.14. The van der Waals surface area contributed by atoms with E-state index in [9.17, 15) is 4.79 Å². The SMILES string of the molecule is CCOc1ccc(Cl)cc1C(=O)Nc1ccccc1-c1ccccc1. The molecular weight excluding hydrogens is 334 g/mol. The second kappa shape index (κ2) is 7.86. The summed E-state index contributed by atoms with van der Waals surface area (Å²) in [4.78, 5) is 12.8. The zero-order chi connectivity index (χ0) is 17.6. The van der Waals surface area contributed by atoms with Crippen LogP contribution in [0, 0.1) is 0 Å². The summed E-state index contributed by atoms with van der Waals surface area (Å²) < 4.78 is 5.55. The van der Waals surface area contributed by atoms with E-state index in [2.05, 4.69) is 5.32 Å². The van der Waals surface area contributed by atoms with Gasteiger partial charge in [-0.25, -0.2) is 0 Å². The largest absolute Gasteiger partial charge is 0.493 e. The van der Waals surface area contributed by atoms with Gasteiger partial charge in [0, 0.05) is 16.3 Å². The van der Waals surface area contributed by atoms with Crippen molar-refractivity contribution in [3.8, 4) is 16.9 Å². The molecule has 0 spiro atoms. The maximum absolute atomic E-state index is 12.8. The third-order valence-electron chi connectivity index (χ3n) is 3.75. The topological polar surface area (TPSA) is 38.3 Å². The van der Waals surface area contributed by atoms with Gasteiger partial charge in [0.25, 0.3) is 5.91 Å². The lowest BCUT2D eigenvalue weighted by molar-refractivity contribution is 0.102. The Balaban J connectivity index is 1.94. The monoisotopic (exact) mass is 351 g/mol. The molecule has 0 heterocycles. The van der Waals surface area contributed by atoms with E-state index < -0.39 is 0 Å². The standard InChI is InChI=1S/C21H18ClNO2/c1-2-25-20-13-12-16(22)14-18(20)21(24)23-19-11-7-6-10-17(19)15-8-4-3-5-9-15/h3-14H,2H2,1H3,(H,23,24). The molecule has 1 N–H and O–H groups in total. The third kappa shape index (κ3) is 4.01. The van der Waals surface area contributed by atoms with E-state index in [-0.39, 0.29) is 5.91 Å². The molecule has 4 heteroatoms. The molecule has 25 heavy (non-hydrogen) atoms. The Labute approximate surface area is 152 Å². The predicted molar refractivity (Wildman–Crippen MR) is 102 cm³/mol. The highest BCUT2D eigenvalue weighted by Gasteiger charge is 2.15. The van der Waals surface area contributed by atoms with Gasteiger partial charge in [0.2, 0.25) is 0 Å². The van der Waals surface area contributed by atoms with Crippen molar-refractivity contribution in [3.63, 3.8) is 0 Å². The number of rotatable bonds is 5. The highest BCUT2D eigenvalue weighted by Crippen LogP contribution is 2.29. The molecule has 3 rings (SSSR count). The minimum atomic E-state index is -0.255. The number of amides is 1. The van der Waals surface area contributed by atoms with Crippen molar-refractivity contribution in [1.29, 1.82) is 0 Å². The van der Waals surface area contributed by atoms with E-state index in [1.54, 1.807) is 18.2 Å². The fraction of sp³-hybridized carbons (Fsp3) is 0.0952. The molecular formula is C21H18ClNO2. The molecule has 126 valence electrons. The summed E-state index contributed by atoms with van der Waals surface area (Å²) in [6.45, 7) is 2.35. The summed E-state index contributed by atoms with van der Waals surface area (Å²) >= 11 is 6.06. The normalized spacial score (nSPS) is 10.3. The van der Waals surface area contributed by atoms with Crippen molar-refractivity contribution >= 4 is 23.2 Å². The first kappa shape index (κ1) is 17.1. The van der Waals surface area contributed by atoms with Crippen LogP contribution in [0.3, 0.4) is 0 Å². The van der Waals surface area contributed by atoms with Crippen molar-refractivity contribution in [2.45, 2.75) is 6.92 Å². The van der Waals surface area contributed by atoms with Crippen molar-refractivity contribution in [2.75, 3.05) is 11.9 Å². The van der Waals surface area contributed by atoms with Gasteiger partial charge in [0.15, 0.2) is 0 Å². The lowest BCUT2D eigenvalue weighted by atomic mass is 10.0. The van der Waals surface area contributed by atoms with Gasteiger partial charge in [0.1, 0.15) is 5.75 Å². The fourth-order valence-corrected chi connectivity index (χ4v) is 2.78. The molecule has 3 nitrogen and oxygen atoms in total. The van der Waals surface area contributed by atoms with Crippen LogP contribution in [0.4, 0.5) is 5.69 Å². The lowest BCUT2D eigenvalue weighted by Crippen LogP contribution is -2.14. The first-order valence-electron chi connectivity index (χ1n) is 8.07. The van der Waals surface area contributed by atoms with Gasteiger partial charge in [-0.15, -0.1) is 0 Å². The molecule has 0 aromatic heterocycles. The second-order valence-corrected chi connectivity index (χ2v) is 5.88. The van der Waals surface area contributed by atoms with Crippen LogP contribution in [0.1, 0.15) is 17.3 Å². The van der Waals surface area contributed by atoms with E-state index >= 15 is 0 Å². The molecule has 3 aromatic rings. The van der Waals surface area contributed by atoms with Crippen LogP contribution in [0.15, 0.2) is 72.8 Å². The van der Waals surface area contributed by atoms with Gasteiger partial charge in [0.05, 0.1) is 12.2 Å². The number of anilines is 1. The number of halogens is 1. The first-order chi connectivity index (χ1) is 12.2. The smallest absolute Gasteiger partial charge is 0.259 e. The number of para-hydroxylation sites is 1. The Kier molecular flexibility index (Phi) is 5.36. The highest BCUT2D eigenvalue weighted by atomic mass is 35.5. The fourth-order valence-electron chi connectivity index (χ4n) is 2.61. The van der Waals surface area contributed by atoms with Gasteiger partial charge in [-0.05, 0) is 36.8 Å². The minimum Gasteiger partial charge on any atom is -0.493 e. The second-order valence-electron chi connectivity index (χ2n) is 5.44. The predicted octanol–water partition coefficient (Wildman–Crippen LogP) is 5.66. The average Bonchev–Trinajstić information content (AvgIpc) is 2.64. The maximum Gasteiger partial charge on any atom is 0.259 e. The maximum atomic E-state index is 12.8. The molecule has 0 aliphatic rings. The Bertz CT molecular complexity index is 878. The molecule has 1 amide bonds. The summed E-state index contributed by atoms with van der Waals surface area (Å²) in [5.74, 6) is 0.260. The molecule has 0 radical (unpaired) electrons. The summed E-state index contributed by atoms with van der Waals surface area (Å²) in [6, 6.07) is 22.7. The van der Waals surface area contributed by atoms with Crippen molar-refractivity contribution in [3.05, 3.63) is 83.4 Å². The lowest BCUT2D eigenvalue weighted by Gasteiger charge is -2.14. The zero-order valence-electron chi connectivity index (χ0n) is 13.8. The Hall–Kier alpha value is -2.78. The van der Waals surface area contributed by atoms with Crippen LogP contribution >= 0.6 is 11.6 Å². The summed E-state index contributed by atoms with van der Waals surface area (Å²) in [6.07, 6.45) is 0. The number of ether oxygens (including phenoxy) is 1. The number of benzene rings is 3. The quantitative estimate of drug-likeness (QED) is 0.644. The van der Waals surface area contributed by atoms with Crippen molar-refractivity contribution < 1.29 is 9.53 Å². The van der Waals surface area contributed by atoms with Crippen LogP contribution in [0.25, 0.3) is 11.1 Å². The van der Waals surface area contributed by atoms with Crippen LogP contribution in [0.5, 0.6) is 5.75 Å². The number of nitrogens with one attached hydrogen (secondary N) is 1. The molecule has 0 atom stereocenters.